The smallest absolute Gasteiger partial charge is 0.0597 e. The molecule has 3 rings (SSSR count). The van der Waals surface area contributed by atoms with E-state index in [-0.39, 0.29) is 0 Å². The van der Waals surface area contributed by atoms with Crippen molar-refractivity contribution in [2.45, 2.75) is 77.0 Å². The van der Waals surface area contributed by atoms with Gasteiger partial charge in [-0.15, -0.1) is 0 Å². The van der Waals surface area contributed by atoms with Crippen molar-refractivity contribution in [1.29, 1.82) is 0 Å². The molecular weight excluding hydrogens is 260 g/mol. The second kappa shape index (κ2) is 7.43. The highest BCUT2D eigenvalue weighted by Gasteiger charge is 2.37. The summed E-state index contributed by atoms with van der Waals surface area (Å²) in [6, 6.07) is 1.56. The van der Waals surface area contributed by atoms with E-state index in [1.165, 1.54) is 64.6 Å². The molecule has 3 fully saturated rings. The molecule has 1 saturated carbocycles. The van der Waals surface area contributed by atoms with Crippen molar-refractivity contribution >= 4 is 0 Å². The van der Waals surface area contributed by atoms with E-state index < -0.39 is 0 Å². The van der Waals surface area contributed by atoms with E-state index in [0.717, 1.165) is 31.2 Å². The topological polar surface area (TPSA) is 15.7 Å². The van der Waals surface area contributed by atoms with Crippen LogP contribution in [0.2, 0.25) is 0 Å². The molecule has 3 heteroatoms. The number of nitrogens with zero attached hydrogens (tertiary/aromatic N) is 2. The first-order chi connectivity index (χ1) is 10.2. The number of hydrogen-bond acceptors (Lipinski definition) is 3. The summed E-state index contributed by atoms with van der Waals surface area (Å²) in [6.07, 6.45) is 10.1. The molecule has 1 aliphatic carbocycles. The number of hydrogen-bond donors (Lipinski definition) is 0. The summed E-state index contributed by atoms with van der Waals surface area (Å²) in [4.78, 5) is 5.48. The van der Waals surface area contributed by atoms with Gasteiger partial charge in [0.15, 0.2) is 0 Å². The third-order valence-electron chi connectivity index (χ3n) is 5.89. The number of piperazine rings is 1. The van der Waals surface area contributed by atoms with Crippen LogP contribution in [0.15, 0.2) is 0 Å². The molecule has 2 heterocycles. The Kier molecular flexibility index (Phi) is 5.58. The van der Waals surface area contributed by atoms with E-state index in [1.807, 2.05) is 0 Å². The first-order valence-corrected chi connectivity index (χ1v) is 9.33. The largest absolute Gasteiger partial charge is 0.377 e. The lowest BCUT2D eigenvalue weighted by molar-refractivity contribution is -0.0194. The molecule has 0 aromatic heterocycles. The highest BCUT2D eigenvalue weighted by Crippen LogP contribution is 2.27. The Hall–Kier alpha value is -0.120. The van der Waals surface area contributed by atoms with Crippen LogP contribution in [0.3, 0.4) is 0 Å². The SMILES string of the molecule is CC(C)C1CN2CCCC2CN1CCOC1CCCCC1. The molecule has 0 amide bonds. The van der Waals surface area contributed by atoms with Gasteiger partial charge in [-0.25, -0.2) is 0 Å². The van der Waals surface area contributed by atoms with E-state index >= 15 is 0 Å². The summed E-state index contributed by atoms with van der Waals surface area (Å²) < 4.78 is 6.17. The zero-order valence-electron chi connectivity index (χ0n) is 14.1. The fraction of sp³-hybridized carbons (Fsp3) is 1.00. The Morgan fingerprint density at radius 3 is 2.57 bits per heavy atom. The minimum Gasteiger partial charge on any atom is -0.377 e. The molecule has 3 nitrogen and oxygen atoms in total. The Bertz CT molecular complexity index is 314. The van der Waals surface area contributed by atoms with Gasteiger partial charge < -0.3 is 4.74 Å². The minimum absolute atomic E-state index is 0.559. The maximum absolute atomic E-state index is 6.17. The van der Waals surface area contributed by atoms with Crippen LogP contribution in [0.5, 0.6) is 0 Å². The number of fused-ring (bicyclic) bond motifs is 1. The summed E-state index contributed by atoms with van der Waals surface area (Å²) in [5, 5.41) is 0. The summed E-state index contributed by atoms with van der Waals surface area (Å²) in [7, 11) is 0. The molecule has 21 heavy (non-hydrogen) atoms. The van der Waals surface area contributed by atoms with Gasteiger partial charge in [0, 0.05) is 31.7 Å². The predicted octanol–water partition coefficient (Wildman–Crippen LogP) is 3.14. The van der Waals surface area contributed by atoms with Crippen LogP contribution in [-0.2, 0) is 4.74 Å². The Morgan fingerprint density at radius 1 is 1.00 bits per heavy atom. The van der Waals surface area contributed by atoms with E-state index in [9.17, 15) is 0 Å². The predicted molar refractivity (Wildman–Crippen MR) is 87.6 cm³/mol. The van der Waals surface area contributed by atoms with E-state index in [1.54, 1.807) is 0 Å². The molecule has 2 atom stereocenters. The molecule has 0 radical (unpaired) electrons. The van der Waals surface area contributed by atoms with Gasteiger partial charge in [0.25, 0.3) is 0 Å². The molecule has 0 spiro atoms. The molecule has 2 aliphatic heterocycles. The number of rotatable bonds is 5. The van der Waals surface area contributed by atoms with Gasteiger partial charge in [0.2, 0.25) is 0 Å². The number of ether oxygens (including phenoxy) is 1. The summed E-state index contributed by atoms with van der Waals surface area (Å²) in [5.74, 6) is 0.751. The zero-order chi connectivity index (χ0) is 14.7. The molecule has 2 unspecified atom stereocenters. The van der Waals surface area contributed by atoms with Crippen LogP contribution in [0.1, 0.15) is 58.8 Å². The Labute approximate surface area is 131 Å². The van der Waals surface area contributed by atoms with Gasteiger partial charge in [-0.2, -0.15) is 0 Å². The van der Waals surface area contributed by atoms with Crippen molar-refractivity contribution in [1.82, 2.24) is 9.80 Å². The lowest BCUT2D eigenvalue weighted by atomic mass is 9.97. The molecule has 0 N–H and O–H groups in total. The zero-order valence-corrected chi connectivity index (χ0v) is 14.1. The van der Waals surface area contributed by atoms with Crippen molar-refractivity contribution in [3.63, 3.8) is 0 Å². The van der Waals surface area contributed by atoms with Crippen molar-refractivity contribution in [2.75, 3.05) is 32.8 Å². The highest BCUT2D eigenvalue weighted by molar-refractivity contribution is 4.93. The summed E-state index contributed by atoms with van der Waals surface area (Å²) in [6.45, 7) is 10.7. The molecular formula is C18H34N2O. The average molecular weight is 294 g/mol. The molecule has 2 saturated heterocycles. The molecule has 0 aromatic rings. The van der Waals surface area contributed by atoms with Crippen LogP contribution in [0, 0.1) is 5.92 Å². The van der Waals surface area contributed by atoms with Crippen LogP contribution < -0.4 is 0 Å². The van der Waals surface area contributed by atoms with Crippen LogP contribution in [0.25, 0.3) is 0 Å². The first kappa shape index (κ1) is 15.8. The van der Waals surface area contributed by atoms with E-state index in [4.69, 9.17) is 4.74 Å². The Morgan fingerprint density at radius 2 is 1.81 bits per heavy atom. The van der Waals surface area contributed by atoms with E-state index in [0.29, 0.717) is 6.10 Å². The molecule has 0 aromatic carbocycles. The lowest BCUT2D eigenvalue weighted by Crippen LogP contribution is -2.58. The normalized spacial score (nSPS) is 32.7. The van der Waals surface area contributed by atoms with Gasteiger partial charge in [-0.3, -0.25) is 9.80 Å². The quantitative estimate of drug-likeness (QED) is 0.775. The monoisotopic (exact) mass is 294 g/mol. The standard InChI is InChI=1S/C18H34N2O/c1-15(2)18-14-19-10-6-7-16(19)13-20(18)11-12-21-17-8-4-3-5-9-17/h15-18H,3-14H2,1-2H3. The molecule has 122 valence electrons. The first-order valence-electron chi connectivity index (χ1n) is 9.33. The summed E-state index contributed by atoms with van der Waals surface area (Å²) >= 11 is 0. The second-order valence-electron chi connectivity index (χ2n) is 7.73. The average Bonchev–Trinajstić information content (AvgIpc) is 2.94. The fourth-order valence-electron chi connectivity index (χ4n) is 4.56. The second-order valence-corrected chi connectivity index (χ2v) is 7.73. The summed E-state index contributed by atoms with van der Waals surface area (Å²) in [5.41, 5.74) is 0. The maximum atomic E-state index is 6.17. The van der Waals surface area contributed by atoms with Crippen molar-refractivity contribution in [2.24, 2.45) is 5.92 Å². The van der Waals surface area contributed by atoms with Gasteiger partial charge in [-0.05, 0) is 38.1 Å². The fourth-order valence-corrected chi connectivity index (χ4v) is 4.56. The molecule has 0 bridgehead atoms. The van der Waals surface area contributed by atoms with Crippen LogP contribution in [-0.4, -0.2) is 60.8 Å². The van der Waals surface area contributed by atoms with Crippen molar-refractivity contribution in [3.8, 4) is 0 Å². The highest BCUT2D eigenvalue weighted by atomic mass is 16.5. The third kappa shape index (κ3) is 4.00. The maximum Gasteiger partial charge on any atom is 0.0597 e. The minimum atomic E-state index is 0.559. The third-order valence-corrected chi connectivity index (χ3v) is 5.89. The van der Waals surface area contributed by atoms with Crippen molar-refractivity contribution in [3.05, 3.63) is 0 Å². The lowest BCUT2D eigenvalue weighted by Gasteiger charge is -2.45. The van der Waals surface area contributed by atoms with Gasteiger partial charge in [0.1, 0.15) is 0 Å². The Balaban J connectivity index is 1.47. The van der Waals surface area contributed by atoms with Gasteiger partial charge in [-0.1, -0.05) is 33.1 Å². The molecule has 3 aliphatic rings. The van der Waals surface area contributed by atoms with Gasteiger partial charge >= 0.3 is 0 Å². The van der Waals surface area contributed by atoms with Crippen LogP contribution >= 0.6 is 0 Å². The van der Waals surface area contributed by atoms with Gasteiger partial charge in [0.05, 0.1) is 12.7 Å². The van der Waals surface area contributed by atoms with Crippen LogP contribution in [0.4, 0.5) is 0 Å². The van der Waals surface area contributed by atoms with E-state index in [2.05, 4.69) is 23.6 Å². The van der Waals surface area contributed by atoms with Crippen molar-refractivity contribution < 1.29 is 4.74 Å².